The zero-order valence-corrected chi connectivity index (χ0v) is 16.1. The molecule has 2 aromatic rings. The maximum atomic E-state index is 12.8. The van der Waals surface area contributed by atoms with Gasteiger partial charge in [-0.25, -0.2) is 4.98 Å². The normalized spacial score (nSPS) is 14.7. The summed E-state index contributed by atoms with van der Waals surface area (Å²) in [6, 6.07) is 5.58. The number of carbonyl (C=O) groups excluding carboxylic acids is 2. The van der Waals surface area contributed by atoms with Crippen LogP contribution in [0, 0.1) is 0 Å². The maximum Gasteiger partial charge on any atom is 0.287 e. The molecule has 1 aromatic carbocycles. The average molecular weight is 384 g/mol. The molecule has 0 radical (unpaired) electrons. The molecule has 0 fully saturated rings. The molecule has 8 nitrogen and oxygen atoms in total. The van der Waals surface area contributed by atoms with Gasteiger partial charge in [-0.1, -0.05) is 6.07 Å². The Morgan fingerprint density at radius 1 is 1.18 bits per heavy atom. The van der Waals surface area contributed by atoms with Crippen molar-refractivity contribution in [1.29, 1.82) is 0 Å². The third-order valence-electron chi connectivity index (χ3n) is 4.85. The number of imidazole rings is 1. The molecule has 0 saturated carbocycles. The van der Waals surface area contributed by atoms with Crippen LogP contribution in [-0.4, -0.2) is 34.2 Å². The fraction of sp³-hybridized carbons (Fsp3) is 0.450. The van der Waals surface area contributed by atoms with E-state index >= 15 is 0 Å². The summed E-state index contributed by atoms with van der Waals surface area (Å²) >= 11 is 0. The Labute approximate surface area is 163 Å². The van der Waals surface area contributed by atoms with Gasteiger partial charge in [0.2, 0.25) is 6.79 Å². The quantitative estimate of drug-likeness (QED) is 0.822. The highest BCUT2D eigenvalue weighted by atomic mass is 16.7. The molecule has 1 aromatic heterocycles. The Hall–Kier alpha value is -3.03. The van der Waals surface area contributed by atoms with Gasteiger partial charge in [-0.2, -0.15) is 0 Å². The summed E-state index contributed by atoms with van der Waals surface area (Å²) in [6.45, 7) is 5.06. The number of hydrogen-bond acceptors (Lipinski definition) is 5. The second-order valence-corrected chi connectivity index (χ2v) is 7.34. The second kappa shape index (κ2) is 7.53. The van der Waals surface area contributed by atoms with Crippen LogP contribution in [0.5, 0.6) is 11.5 Å². The summed E-state index contributed by atoms with van der Waals surface area (Å²) in [5.41, 5.74) is 2.08. The molecule has 2 aliphatic heterocycles. The molecule has 4 rings (SSSR count). The van der Waals surface area contributed by atoms with E-state index in [1.54, 1.807) is 0 Å². The smallest absolute Gasteiger partial charge is 0.287 e. The number of ether oxygens (including phenoxy) is 2. The van der Waals surface area contributed by atoms with Gasteiger partial charge in [-0.3, -0.25) is 9.59 Å². The molecule has 3 heterocycles. The van der Waals surface area contributed by atoms with E-state index in [1.807, 2.05) is 36.6 Å². The first kappa shape index (κ1) is 18.3. The number of nitrogens with zero attached hydrogens (tertiary/aromatic N) is 2. The first-order valence-electron chi connectivity index (χ1n) is 9.60. The average Bonchev–Trinajstić information content (AvgIpc) is 3.29. The van der Waals surface area contributed by atoms with E-state index in [4.69, 9.17) is 9.47 Å². The van der Waals surface area contributed by atoms with Crippen LogP contribution in [0.4, 0.5) is 0 Å². The molecule has 2 aliphatic rings. The molecule has 0 saturated heterocycles. The summed E-state index contributed by atoms with van der Waals surface area (Å²) in [4.78, 5) is 29.7. The summed E-state index contributed by atoms with van der Waals surface area (Å²) < 4.78 is 12.6. The van der Waals surface area contributed by atoms with Crippen molar-refractivity contribution in [1.82, 2.24) is 20.2 Å². The predicted molar refractivity (Wildman–Crippen MR) is 102 cm³/mol. The van der Waals surface area contributed by atoms with Crippen LogP contribution in [0.2, 0.25) is 0 Å². The molecule has 0 aliphatic carbocycles. The summed E-state index contributed by atoms with van der Waals surface area (Å²) in [7, 11) is 0. The van der Waals surface area contributed by atoms with E-state index in [0.717, 1.165) is 30.5 Å². The Balaban J connectivity index is 1.52. The second-order valence-electron chi connectivity index (χ2n) is 7.34. The van der Waals surface area contributed by atoms with Gasteiger partial charge in [-0.15, -0.1) is 0 Å². The zero-order chi connectivity index (χ0) is 19.7. The van der Waals surface area contributed by atoms with Crippen molar-refractivity contribution < 1.29 is 19.1 Å². The van der Waals surface area contributed by atoms with Gasteiger partial charge in [0, 0.05) is 19.1 Å². The first-order chi connectivity index (χ1) is 13.5. The number of aromatic nitrogens is 2. The molecule has 0 spiro atoms. The molecule has 0 bridgehead atoms. The lowest BCUT2D eigenvalue weighted by Crippen LogP contribution is -2.33. The van der Waals surface area contributed by atoms with Crippen LogP contribution in [0.3, 0.4) is 0 Å². The fourth-order valence-corrected chi connectivity index (χ4v) is 3.54. The molecule has 2 amide bonds. The minimum absolute atomic E-state index is 0.00678. The lowest BCUT2D eigenvalue weighted by atomic mass is 10.1. The SMILES string of the molecule is CC(C)NC(=O)c1nc(C(=O)NCc2ccc3c(c2)OCO3)c2n1CCCC2. The number of nitrogens with one attached hydrogen (secondary N) is 2. The lowest BCUT2D eigenvalue weighted by Gasteiger charge is -2.17. The van der Waals surface area contributed by atoms with E-state index < -0.39 is 0 Å². The van der Waals surface area contributed by atoms with Gasteiger partial charge in [0.25, 0.3) is 11.8 Å². The number of hydrogen-bond donors (Lipinski definition) is 2. The van der Waals surface area contributed by atoms with Crippen molar-refractivity contribution in [2.75, 3.05) is 6.79 Å². The highest BCUT2D eigenvalue weighted by Gasteiger charge is 2.27. The number of benzene rings is 1. The van der Waals surface area contributed by atoms with Crippen LogP contribution in [0.15, 0.2) is 18.2 Å². The molecule has 2 N–H and O–H groups in total. The van der Waals surface area contributed by atoms with Gasteiger partial charge < -0.3 is 24.7 Å². The molecular formula is C20H24N4O4. The minimum atomic E-state index is -0.271. The van der Waals surface area contributed by atoms with Gasteiger partial charge in [0.05, 0.1) is 5.69 Å². The van der Waals surface area contributed by atoms with E-state index in [1.165, 1.54) is 0 Å². The Morgan fingerprint density at radius 3 is 2.82 bits per heavy atom. The van der Waals surface area contributed by atoms with Crippen molar-refractivity contribution in [3.63, 3.8) is 0 Å². The first-order valence-corrected chi connectivity index (χ1v) is 9.60. The Morgan fingerprint density at radius 2 is 2.00 bits per heavy atom. The van der Waals surface area contributed by atoms with E-state index in [2.05, 4.69) is 15.6 Å². The van der Waals surface area contributed by atoms with Gasteiger partial charge in [-0.05, 0) is 50.8 Å². The fourth-order valence-electron chi connectivity index (χ4n) is 3.54. The van der Waals surface area contributed by atoms with Crippen molar-refractivity contribution in [2.24, 2.45) is 0 Å². The van der Waals surface area contributed by atoms with E-state index in [0.29, 0.717) is 36.1 Å². The van der Waals surface area contributed by atoms with Crippen molar-refractivity contribution in [3.05, 3.63) is 41.0 Å². The van der Waals surface area contributed by atoms with Crippen molar-refractivity contribution in [2.45, 2.75) is 52.2 Å². The zero-order valence-electron chi connectivity index (χ0n) is 16.1. The number of amides is 2. The molecule has 8 heteroatoms. The highest BCUT2D eigenvalue weighted by molar-refractivity contribution is 5.97. The van der Waals surface area contributed by atoms with Crippen molar-refractivity contribution >= 4 is 11.8 Å². The standard InChI is InChI=1S/C20H24N4O4/c1-12(2)22-20(26)18-23-17(14-5-3-4-8-24(14)18)19(25)21-10-13-6-7-15-16(9-13)28-11-27-15/h6-7,9,12H,3-5,8,10-11H2,1-2H3,(H,21,25)(H,22,26). The third-order valence-corrected chi connectivity index (χ3v) is 4.85. The maximum absolute atomic E-state index is 12.8. The van der Waals surface area contributed by atoms with Crippen LogP contribution < -0.4 is 20.1 Å². The topological polar surface area (TPSA) is 94.5 Å². The predicted octanol–water partition coefficient (Wildman–Crippen LogP) is 2.02. The van der Waals surface area contributed by atoms with E-state index in [9.17, 15) is 9.59 Å². The number of fused-ring (bicyclic) bond motifs is 2. The lowest BCUT2D eigenvalue weighted by molar-refractivity contribution is 0.0927. The highest BCUT2D eigenvalue weighted by Crippen LogP contribution is 2.32. The third kappa shape index (κ3) is 3.54. The Bertz CT molecular complexity index is 919. The van der Waals surface area contributed by atoms with Gasteiger partial charge in [0.1, 0.15) is 5.69 Å². The molecular weight excluding hydrogens is 360 g/mol. The van der Waals surface area contributed by atoms with Gasteiger partial charge in [0.15, 0.2) is 17.3 Å². The summed E-state index contributed by atoms with van der Waals surface area (Å²) in [5, 5.41) is 5.77. The monoisotopic (exact) mass is 384 g/mol. The molecule has 148 valence electrons. The van der Waals surface area contributed by atoms with Crippen LogP contribution >= 0.6 is 0 Å². The van der Waals surface area contributed by atoms with E-state index in [-0.39, 0.29) is 24.6 Å². The minimum Gasteiger partial charge on any atom is -0.454 e. The van der Waals surface area contributed by atoms with Crippen LogP contribution in [0.1, 0.15) is 59.1 Å². The molecule has 0 unspecified atom stereocenters. The van der Waals surface area contributed by atoms with Crippen LogP contribution in [0.25, 0.3) is 0 Å². The summed E-state index contributed by atoms with van der Waals surface area (Å²) in [5.74, 6) is 1.19. The van der Waals surface area contributed by atoms with Crippen molar-refractivity contribution in [3.8, 4) is 11.5 Å². The summed E-state index contributed by atoms with van der Waals surface area (Å²) in [6.07, 6.45) is 2.71. The Kier molecular flexibility index (Phi) is 4.93. The molecule has 28 heavy (non-hydrogen) atoms. The molecule has 0 atom stereocenters. The largest absolute Gasteiger partial charge is 0.454 e. The van der Waals surface area contributed by atoms with Crippen LogP contribution in [-0.2, 0) is 19.5 Å². The number of rotatable bonds is 5. The number of carbonyl (C=O) groups is 2. The van der Waals surface area contributed by atoms with Gasteiger partial charge >= 0.3 is 0 Å².